The van der Waals surface area contributed by atoms with Crippen molar-refractivity contribution in [2.45, 2.75) is 31.0 Å². The number of ether oxygens (including phenoxy) is 2. The number of fused-ring (bicyclic) bond motifs is 2. The first-order valence-electron chi connectivity index (χ1n) is 4.48. The van der Waals surface area contributed by atoms with Gasteiger partial charge in [-0.05, 0) is 6.42 Å². The SMILES string of the molecule is C=CC[C@H]1[C@H](O)[C@@H](O)[C@@H]2OC[C@H]1O2. The van der Waals surface area contributed by atoms with Crippen LogP contribution in [0.1, 0.15) is 6.42 Å². The van der Waals surface area contributed by atoms with E-state index in [1.165, 1.54) is 0 Å². The van der Waals surface area contributed by atoms with Crippen LogP contribution in [-0.2, 0) is 9.47 Å². The Morgan fingerprint density at radius 1 is 1.38 bits per heavy atom. The van der Waals surface area contributed by atoms with Crippen molar-refractivity contribution >= 4 is 0 Å². The van der Waals surface area contributed by atoms with E-state index in [-0.39, 0.29) is 12.0 Å². The molecule has 0 aromatic carbocycles. The van der Waals surface area contributed by atoms with Crippen LogP contribution in [0.5, 0.6) is 0 Å². The number of hydrogen-bond donors (Lipinski definition) is 2. The van der Waals surface area contributed by atoms with Crippen LogP contribution in [0.4, 0.5) is 0 Å². The fraction of sp³-hybridized carbons (Fsp3) is 0.778. The number of allylic oxidation sites excluding steroid dienone is 1. The highest BCUT2D eigenvalue weighted by atomic mass is 16.7. The molecule has 4 nitrogen and oxygen atoms in total. The summed E-state index contributed by atoms with van der Waals surface area (Å²) in [5, 5.41) is 19.2. The molecule has 2 fully saturated rings. The van der Waals surface area contributed by atoms with Crippen LogP contribution in [0.15, 0.2) is 12.7 Å². The van der Waals surface area contributed by atoms with E-state index in [2.05, 4.69) is 6.58 Å². The van der Waals surface area contributed by atoms with Crippen molar-refractivity contribution in [1.29, 1.82) is 0 Å². The predicted molar refractivity (Wildman–Crippen MR) is 44.9 cm³/mol. The van der Waals surface area contributed by atoms with Gasteiger partial charge in [0.2, 0.25) is 0 Å². The molecule has 74 valence electrons. The lowest BCUT2D eigenvalue weighted by Crippen LogP contribution is -2.50. The highest BCUT2D eigenvalue weighted by Crippen LogP contribution is 2.34. The molecule has 0 aromatic heterocycles. The van der Waals surface area contributed by atoms with Gasteiger partial charge in [-0.15, -0.1) is 6.58 Å². The molecule has 2 saturated heterocycles. The first-order valence-corrected chi connectivity index (χ1v) is 4.48. The summed E-state index contributed by atoms with van der Waals surface area (Å²) in [4.78, 5) is 0. The van der Waals surface area contributed by atoms with E-state index in [0.717, 1.165) is 0 Å². The summed E-state index contributed by atoms with van der Waals surface area (Å²) in [6.07, 6.45) is -0.0582. The van der Waals surface area contributed by atoms with E-state index in [1.54, 1.807) is 6.08 Å². The molecular weight excluding hydrogens is 172 g/mol. The molecule has 0 radical (unpaired) electrons. The van der Waals surface area contributed by atoms with Gasteiger partial charge in [0, 0.05) is 5.92 Å². The number of aliphatic hydroxyl groups is 2. The molecule has 0 aromatic rings. The Bertz CT molecular complexity index is 206. The Morgan fingerprint density at radius 3 is 2.85 bits per heavy atom. The van der Waals surface area contributed by atoms with Gasteiger partial charge in [-0.1, -0.05) is 6.08 Å². The lowest BCUT2D eigenvalue weighted by molar-refractivity contribution is -0.212. The zero-order valence-electron chi connectivity index (χ0n) is 7.30. The Labute approximate surface area is 76.8 Å². The van der Waals surface area contributed by atoms with Gasteiger partial charge in [-0.2, -0.15) is 0 Å². The number of aliphatic hydroxyl groups excluding tert-OH is 2. The van der Waals surface area contributed by atoms with E-state index < -0.39 is 18.5 Å². The van der Waals surface area contributed by atoms with E-state index in [1.807, 2.05) is 0 Å². The van der Waals surface area contributed by atoms with Gasteiger partial charge in [0.15, 0.2) is 6.29 Å². The van der Waals surface area contributed by atoms with Crippen molar-refractivity contribution in [2.75, 3.05) is 6.61 Å². The quantitative estimate of drug-likeness (QED) is 0.579. The molecule has 2 N–H and O–H groups in total. The minimum Gasteiger partial charge on any atom is -0.390 e. The van der Waals surface area contributed by atoms with Gasteiger partial charge in [-0.3, -0.25) is 0 Å². The lowest BCUT2D eigenvalue weighted by Gasteiger charge is -2.35. The molecule has 13 heavy (non-hydrogen) atoms. The van der Waals surface area contributed by atoms with Crippen molar-refractivity contribution in [3.8, 4) is 0 Å². The van der Waals surface area contributed by atoms with Crippen LogP contribution in [0, 0.1) is 5.92 Å². The zero-order valence-corrected chi connectivity index (χ0v) is 7.30. The standard InChI is InChI=1S/C9H14O4/c1-2-3-5-6-4-12-9(13-6)8(11)7(5)10/h2,5-11H,1,3-4H2/t5-,6-,7+,8-,9-/m1/s1. The maximum absolute atomic E-state index is 9.69. The normalized spacial score (nSPS) is 49.2. The average molecular weight is 186 g/mol. The van der Waals surface area contributed by atoms with E-state index >= 15 is 0 Å². The monoisotopic (exact) mass is 186 g/mol. The zero-order chi connectivity index (χ0) is 9.42. The smallest absolute Gasteiger partial charge is 0.186 e. The molecule has 0 aliphatic carbocycles. The predicted octanol–water partition coefficient (Wildman–Crippen LogP) is -0.344. The van der Waals surface area contributed by atoms with Crippen LogP contribution >= 0.6 is 0 Å². The maximum atomic E-state index is 9.69. The van der Waals surface area contributed by atoms with Gasteiger partial charge in [-0.25, -0.2) is 0 Å². The molecule has 0 saturated carbocycles. The second-order valence-electron chi connectivity index (χ2n) is 3.55. The molecule has 5 atom stereocenters. The fourth-order valence-corrected chi connectivity index (χ4v) is 1.96. The second kappa shape index (κ2) is 3.38. The summed E-state index contributed by atoms with van der Waals surface area (Å²) < 4.78 is 10.5. The first-order chi connectivity index (χ1) is 6.24. The molecule has 4 heteroatoms. The Morgan fingerprint density at radius 2 is 2.15 bits per heavy atom. The molecule has 0 amide bonds. The third kappa shape index (κ3) is 1.40. The van der Waals surface area contributed by atoms with Crippen LogP contribution in [0.2, 0.25) is 0 Å². The van der Waals surface area contributed by atoms with Gasteiger partial charge in [0.1, 0.15) is 6.10 Å². The minimum atomic E-state index is -0.927. The Kier molecular flexibility index (Phi) is 2.38. The summed E-state index contributed by atoms with van der Waals surface area (Å²) in [5.41, 5.74) is 0. The molecule has 2 aliphatic heterocycles. The largest absolute Gasteiger partial charge is 0.390 e. The van der Waals surface area contributed by atoms with Crippen molar-refractivity contribution in [1.82, 2.24) is 0 Å². The van der Waals surface area contributed by atoms with Crippen molar-refractivity contribution < 1.29 is 19.7 Å². The topological polar surface area (TPSA) is 58.9 Å². The number of rotatable bonds is 2. The molecule has 0 unspecified atom stereocenters. The lowest BCUT2D eigenvalue weighted by atomic mass is 9.88. The average Bonchev–Trinajstić information content (AvgIpc) is 2.56. The van der Waals surface area contributed by atoms with Crippen LogP contribution in [-0.4, -0.2) is 41.4 Å². The van der Waals surface area contributed by atoms with E-state index in [4.69, 9.17) is 9.47 Å². The second-order valence-corrected chi connectivity index (χ2v) is 3.55. The van der Waals surface area contributed by atoms with Gasteiger partial charge in [0.25, 0.3) is 0 Å². The highest BCUT2D eigenvalue weighted by molar-refractivity contribution is 4.95. The maximum Gasteiger partial charge on any atom is 0.186 e. The summed E-state index contributed by atoms with van der Waals surface area (Å²) in [7, 11) is 0. The van der Waals surface area contributed by atoms with Crippen LogP contribution < -0.4 is 0 Å². The van der Waals surface area contributed by atoms with E-state index in [9.17, 15) is 10.2 Å². The minimum absolute atomic E-state index is 0.0914. The molecule has 0 spiro atoms. The molecule has 2 aliphatic rings. The van der Waals surface area contributed by atoms with Gasteiger partial charge >= 0.3 is 0 Å². The Hall–Kier alpha value is -0.420. The molecule has 2 bridgehead atoms. The molecule has 2 heterocycles. The van der Waals surface area contributed by atoms with Crippen molar-refractivity contribution in [3.05, 3.63) is 12.7 Å². The van der Waals surface area contributed by atoms with Crippen molar-refractivity contribution in [2.24, 2.45) is 5.92 Å². The molecule has 2 rings (SSSR count). The third-order valence-corrected chi connectivity index (χ3v) is 2.72. The van der Waals surface area contributed by atoms with E-state index in [0.29, 0.717) is 13.0 Å². The van der Waals surface area contributed by atoms with Crippen LogP contribution in [0.3, 0.4) is 0 Å². The van der Waals surface area contributed by atoms with Gasteiger partial charge < -0.3 is 19.7 Å². The first kappa shape index (κ1) is 9.15. The van der Waals surface area contributed by atoms with Crippen LogP contribution in [0.25, 0.3) is 0 Å². The summed E-state index contributed by atoms with van der Waals surface area (Å²) in [6.45, 7) is 4.06. The third-order valence-electron chi connectivity index (χ3n) is 2.72. The van der Waals surface area contributed by atoms with Crippen molar-refractivity contribution in [3.63, 3.8) is 0 Å². The molecular formula is C9H14O4. The Balaban J connectivity index is 2.12. The summed E-state index contributed by atoms with van der Waals surface area (Å²) in [5.74, 6) is -0.0914. The summed E-state index contributed by atoms with van der Waals surface area (Å²) in [6, 6.07) is 0. The van der Waals surface area contributed by atoms with Gasteiger partial charge in [0.05, 0.1) is 18.8 Å². The summed E-state index contributed by atoms with van der Waals surface area (Å²) >= 11 is 0. The fourth-order valence-electron chi connectivity index (χ4n) is 1.96. The number of hydrogen-bond acceptors (Lipinski definition) is 4. The highest BCUT2D eigenvalue weighted by Gasteiger charge is 2.48.